The average Bonchev–Trinajstić information content (AvgIpc) is 2.38. The van der Waals surface area contributed by atoms with Crippen molar-refractivity contribution in [3.63, 3.8) is 0 Å². The highest BCUT2D eigenvalue weighted by molar-refractivity contribution is 7.89. The molecule has 0 aliphatic heterocycles. The minimum atomic E-state index is -3.86. The zero-order valence-corrected chi connectivity index (χ0v) is 12.6. The molecule has 0 heterocycles. The monoisotopic (exact) mass is 301 g/mol. The van der Waals surface area contributed by atoms with Gasteiger partial charge in [-0.3, -0.25) is 10.1 Å². The van der Waals surface area contributed by atoms with Crippen molar-refractivity contribution in [2.24, 2.45) is 0 Å². The number of nitrogens with one attached hydrogen (secondary N) is 1. The van der Waals surface area contributed by atoms with Crippen molar-refractivity contribution in [1.82, 2.24) is 9.62 Å². The van der Waals surface area contributed by atoms with Crippen molar-refractivity contribution in [2.75, 3.05) is 27.2 Å². The Kier molecular flexibility index (Phi) is 5.61. The van der Waals surface area contributed by atoms with Gasteiger partial charge < -0.3 is 5.32 Å². The van der Waals surface area contributed by atoms with Crippen LogP contribution in [0.5, 0.6) is 0 Å². The summed E-state index contributed by atoms with van der Waals surface area (Å²) in [5.74, 6) is 0. The fraction of sp³-hybridized carbons (Fsp3) is 0.500. The Labute approximate surface area is 118 Å². The first-order chi connectivity index (χ1) is 9.32. The predicted molar refractivity (Wildman–Crippen MR) is 76.2 cm³/mol. The van der Waals surface area contributed by atoms with Crippen molar-refractivity contribution < 1.29 is 13.3 Å². The fourth-order valence-corrected chi connectivity index (χ4v) is 3.43. The topological polar surface area (TPSA) is 92.6 Å². The molecule has 1 aromatic rings. The van der Waals surface area contributed by atoms with Crippen LogP contribution < -0.4 is 5.32 Å². The standard InChI is InChI=1S/C12H19N3O4S/c1-10-6-4-7-11(15(16)17)12(10)20(18,19)14(3)9-5-8-13-2/h4,6-7,13H,5,8-9H2,1-3H3. The van der Waals surface area contributed by atoms with Crippen LogP contribution in [0, 0.1) is 17.0 Å². The van der Waals surface area contributed by atoms with Gasteiger partial charge >= 0.3 is 0 Å². The van der Waals surface area contributed by atoms with E-state index < -0.39 is 14.9 Å². The van der Waals surface area contributed by atoms with Crippen LogP contribution in [-0.4, -0.2) is 44.8 Å². The normalized spacial score (nSPS) is 11.8. The smallest absolute Gasteiger partial charge is 0.289 e. The van der Waals surface area contributed by atoms with Gasteiger partial charge in [0.1, 0.15) is 0 Å². The molecule has 0 amide bonds. The molecule has 0 spiro atoms. The summed E-state index contributed by atoms with van der Waals surface area (Å²) in [6.07, 6.45) is 0.631. The lowest BCUT2D eigenvalue weighted by Gasteiger charge is -2.18. The van der Waals surface area contributed by atoms with E-state index in [2.05, 4.69) is 5.32 Å². The molecule has 1 rings (SSSR count). The molecule has 0 aliphatic rings. The van der Waals surface area contributed by atoms with Crippen LogP contribution in [0.25, 0.3) is 0 Å². The highest BCUT2D eigenvalue weighted by Crippen LogP contribution is 2.29. The van der Waals surface area contributed by atoms with E-state index in [1.165, 1.54) is 19.2 Å². The first-order valence-corrected chi connectivity index (χ1v) is 7.61. The van der Waals surface area contributed by atoms with Crippen molar-refractivity contribution in [3.05, 3.63) is 33.9 Å². The highest BCUT2D eigenvalue weighted by Gasteiger charge is 2.30. The third-order valence-electron chi connectivity index (χ3n) is 2.96. The maximum Gasteiger partial charge on any atom is 0.289 e. The molecule has 1 N–H and O–H groups in total. The van der Waals surface area contributed by atoms with Gasteiger partial charge in [0.15, 0.2) is 4.90 Å². The fourth-order valence-electron chi connectivity index (χ4n) is 1.87. The van der Waals surface area contributed by atoms with E-state index in [1.54, 1.807) is 20.0 Å². The van der Waals surface area contributed by atoms with Crippen LogP contribution in [0.15, 0.2) is 23.1 Å². The van der Waals surface area contributed by atoms with E-state index >= 15 is 0 Å². The molecule has 0 radical (unpaired) electrons. The summed E-state index contributed by atoms with van der Waals surface area (Å²) in [6, 6.07) is 4.25. The minimum absolute atomic E-state index is 0.225. The summed E-state index contributed by atoms with van der Waals surface area (Å²) in [5, 5.41) is 13.9. The van der Waals surface area contributed by atoms with Crippen molar-refractivity contribution >= 4 is 15.7 Å². The summed E-state index contributed by atoms with van der Waals surface area (Å²) in [7, 11) is -0.652. The third-order valence-corrected chi connectivity index (χ3v) is 5.01. The molecule has 20 heavy (non-hydrogen) atoms. The van der Waals surface area contributed by atoms with Crippen LogP contribution >= 0.6 is 0 Å². The SMILES string of the molecule is CNCCCN(C)S(=O)(=O)c1c(C)cccc1[N+](=O)[O-]. The summed E-state index contributed by atoms with van der Waals surface area (Å²) < 4.78 is 26.1. The Morgan fingerprint density at radius 3 is 2.60 bits per heavy atom. The molecule has 8 heteroatoms. The number of hydrogen-bond donors (Lipinski definition) is 1. The van der Waals surface area contributed by atoms with Gasteiger partial charge in [-0.1, -0.05) is 12.1 Å². The van der Waals surface area contributed by atoms with Crippen LogP contribution in [0.1, 0.15) is 12.0 Å². The second-order valence-corrected chi connectivity index (χ2v) is 6.45. The Bertz CT molecular complexity index is 586. The molecule has 0 aliphatic carbocycles. The van der Waals surface area contributed by atoms with Crippen molar-refractivity contribution in [1.29, 1.82) is 0 Å². The van der Waals surface area contributed by atoms with Gasteiger partial charge in [0.05, 0.1) is 4.92 Å². The molecule has 0 atom stereocenters. The number of nitrogens with zero attached hydrogens (tertiary/aromatic N) is 2. The Morgan fingerprint density at radius 2 is 2.05 bits per heavy atom. The molecule has 0 aromatic heterocycles. The number of nitro benzene ring substituents is 1. The molecule has 0 saturated heterocycles. The quantitative estimate of drug-likeness (QED) is 0.463. The number of sulfonamides is 1. The van der Waals surface area contributed by atoms with Gasteiger partial charge in [-0.2, -0.15) is 0 Å². The van der Waals surface area contributed by atoms with Gasteiger partial charge in [0, 0.05) is 19.7 Å². The number of hydrogen-bond acceptors (Lipinski definition) is 5. The van der Waals surface area contributed by atoms with E-state index in [0.29, 0.717) is 25.1 Å². The van der Waals surface area contributed by atoms with E-state index in [4.69, 9.17) is 0 Å². The van der Waals surface area contributed by atoms with Crippen LogP contribution in [0.4, 0.5) is 5.69 Å². The molecule has 0 fully saturated rings. The Morgan fingerprint density at radius 1 is 1.40 bits per heavy atom. The van der Waals surface area contributed by atoms with E-state index in [-0.39, 0.29) is 10.6 Å². The van der Waals surface area contributed by atoms with Crippen LogP contribution in [0.2, 0.25) is 0 Å². The lowest BCUT2D eigenvalue weighted by atomic mass is 10.2. The summed E-state index contributed by atoms with van der Waals surface area (Å²) in [6.45, 7) is 2.53. The molecular formula is C12H19N3O4S. The summed E-state index contributed by atoms with van der Waals surface area (Å²) >= 11 is 0. The maximum atomic E-state index is 12.5. The van der Waals surface area contributed by atoms with E-state index in [0.717, 1.165) is 4.31 Å². The molecule has 0 saturated carbocycles. The average molecular weight is 301 g/mol. The summed E-state index contributed by atoms with van der Waals surface area (Å²) in [5.41, 5.74) is -0.00914. The Balaban J connectivity index is 3.18. The van der Waals surface area contributed by atoms with Crippen molar-refractivity contribution in [3.8, 4) is 0 Å². The third kappa shape index (κ3) is 3.53. The number of aryl methyl sites for hydroxylation is 1. The first-order valence-electron chi connectivity index (χ1n) is 6.17. The van der Waals surface area contributed by atoms with Gasteiger partial charge in [0.2, 0.25) is 10.0 Å². The molecule has 0 unspecified atom stereocenters. The van der Waals surface area contributed by atoms with Gasteiger partial charge in [-0.25, -0.2) is 12.7 Å². The largest absolute Gasteiger partial charge is 0.320 e. The Hall–Kier alpha value is -1.51. The lowest BCUT2D eigenvalue weighted by Crippen LogP contribution is -2.30. The number of rotatable bonds is 7. The van der Waals surface area contributed by atoms with Gasteiger partial charge in [0.25, 0.3) is 5.69 Å². The van der Waals surface area contributed by atoms with Gasteiger partial charge in [-0.05, 0) is 32.5 Å². The zero-order valence-electron chi connectivity index (χ0n) is 11.8. The number of nitro groups is 1. The van der Waals surface area contributed by atoms with Gasteiger partial charge in [-0.15, -0.1) is 0 Å². The second-order valence-electron chi connectivity index (χ2n) is 4.46. The predicted octanol–water partition coefficient (Wildman–Crippen LogP) is 1.13. The molecule has 1 aromatic carbocycles. The minimum Gasteiger partial charge on any atom is -0.320 e. The molecular weight excluding hydrogens is 282 g/mol. The first kappa shape index (κ1) is 16.5. The highest BCUT2D eigenvalue weighted by atomic mass is 32.2. The van der Waals surface area contributed by atoms with E-state index in [9.17, 15) is 18.5 Å². The zero-order chi connectivity index (χ0) is 15.3. The second kappa shape index (κ2) is 6.78. The number of benzene rings is 1. The maximum absolute atomic E-state index is 12.5. The molecule has 112 valence electrons. The van der Waals surface area contributed by atoms with Crippen LogP contribution in [-0.2, 0) is 10.0 Å². The summed E-state index contributed by atoms with van der Waals surface area (Å²) in [4.78, 5) is 10.1. The lowest BCUT2D eigenvalue weighted by molar-refractivity contribution is -0.387. The van der Waals surface area contributed by atoms with Crippen molar-refractivity contribution in [2.45, 2.75) is 18.2 Å². The van der Waals surface area contributed by atoms with E-state index in [1.807, 2.05) is 0 Å². The van der Waals surface area contributed by atoms with Crippen LogP contribution in [0.3, 0.4) is 0 Å². The molecule has 0 bridgehead atoms. The molecule has 7 nitrogen and oxygen atoms in total.